The minimum absolute atomic E-state index is 0.313. The molecule has 2 nitrogen and oxygen atoms in total. The third-order valence-corrected chi connectivity index (χ3v) is 3.73. The van der Waals surface area contributed by atoms with E-state index in [2.05, 4.69) is 26.2 Å². The lowest BCUT2D eigenvalue weighted by molar-refractivity contribution is 0.547. The fourth-order valence-electron chi connectivity index (χ4n) is 1.62. The van der Waals surface area contributed by atoms with Gasteiger partial charge in [0.05, 0.1) is 0 Å². The molecule has 4 heteroatoms. The third-order valence-electron chi connectivity index (χ3n) is 2.81. The van der Waals surface area contributed by atoms with Crippen LogP contribution in [0.25, 0.3) is 0 Å². The average molecular weight is 276 g/mol. The monoisotopic (exact) mass is 274 g/mol. The van der Waals surface area contributed by atoms with E-state index < -0.39 is 0 Å². The summed E-state index contributed by atoms with van der Waals surface area (Å²) in [6.07, 6.45) is 5.28. The lowest BCUT2D eigenvalue weighted by Crippen LogP contribution is -2.29. The number of pyridine rings is 1. The second-order valence-corrected chi connectivity index (χ2v) is 5.05. The van der Waals surface area contributed by atoms with Crippen LogP contribution in [0.15, 0.2) is 16.7 Å². The van der Waals surface area contributed by atoms with Crippen LogP contribution in [0.2, 0.25) is 5.15 Å². The minimum atomic E-state index is 0.313. The summed E-state index contributed by atoms with van der Waals surface area (Å²) in [5.41, 5.74) is 1.55. The van der Waals surface area contributed by atoms with Gasteiger partial charge in [-0.1, -0.05) is 11.6 Å². The van der Waals surface area contributed by atoms with Crippen molar-refractivity contribution in [1.82, 2.24) is 10.3 Å². The SMILES string of the molecule is CNC1(Cc2cc(Cl)ncc2Br)CC1. The van der Waals surface area contributed by atoms with Crippen LogP contribution in [0.4, 0.5) is 0 Å². The summed E-state index contributed by atoms with van der Waals surface area (Å²) in [5, 5.41) is 3.93. The van der Waals surface area contributed by atoms with Crippen LogP contribution in [0.3, 0.4) is 0 Å². The number of halogens is 2. The summed E-state index contributed by atoms with van der Waals surface area (Å²) in [5.74, 6) is 0. The van der Waals surface area contributed by atoms with Gasteiger partial charge in [-0.2, -0.15) is 0 Å². The van der Waals surface area contributed by atoms with Gasteiger partial charge in [-0.15, -0.1) is 0 Å². The molecular formula is C10H12BrClN2. The lowest BCUT2D eigenvalue weighted by atomic mass is 10.1. The Balaban J connectivity index is 2.20. The Bertz CT molecular complexity index is 350. The Hall–Kier alpha value is -0.120. The molecule has 0 aliphatic heterocycles. The highest BCUT2D eigenvalue weighted by molar-refractivity contribution is 9.10. The van der Waals surface area contributed by atoms with Crippen LogP contribution >= 0.6 is 27.5 Å². The van der Waals surface area contributed by atoms with Crippen molar-refractivity contribution in [2.24, 2.45) is 0 Å². The Labute approximate surface area is 97.2 Å². The summed E-state index contributed by atoms with van der Waals surface area (Å²) in [7, 11) is 2.02. The van der Waals surface area contributed by atoms with E-state index in [1.54, 1.807) is 6.20 Å². The van der Waals surface area contributed by atoms with Gasteiger partial charge in [0.1, 0.15) is 5.15 Å². The van der Waals surface area contributed by atoms with Crippen LogP contribution in [0.5, 0.6) is 0 Å². The molecule has 76 valence electrons. The second-order valence-electron chi connectivity index (χ2n) is 3.81. The first-order chi connectivity index (χ1) is 6.65. The van der Waals surface area contributed by atoms with Crippen LogP contribution in [-0.4, -0.2) is 17.6 Å². The lowest BCUT2D eigenvalue weighted by Gasteiger charge is -2.14. The van der Waals surface area contributed by atoms with Gasteiger partial charge in [0.25, 0.3) is 0 Å². The number of nitrogens with one attached hydrogen (secondary N) is 1. The number of hydrogen-bond acceptors (Lipinski definition) is 2. The fourth-order valence-corrected chi connectivity index (χ4v) is 2.15. The molecule has 1 aliphatic rings. The van der Waals surface area contributed by atoms with E-state index in [4.69, 9.17) is 11.6 Å². The molecule has 1 saturated carbocycles. The zero-order chi connectivity index (χ0) is 10.2. The highest BCUT2D eigenvalue weighted by Gasteiger charge is 2.41. The maximum absolute atomic E-state index is 5.86. The van der Waals surface area contributed by atoms with Crippen LogP contribution in [0, 0.1) is 0 Å². The van der Waals surface area contributed by atoms with E-state index in [0.717, 1.165) is 10.9 Å². The van der Waals surface area contributed by atoms with Gasteiger partial charge >= 0.3 is 0 Å². The topological polar surface area (TPSA) is 24.9 Å². The smallest absolute Gasteiger partial charge is 0.129 e. The molecule has 0 spiro atoms. The van der Waals surface area contributed by atoms with E-state index in [9.17, 15) is 0 Å². The molecular weight excluding hydrogens is 263 g/mol. The molecule has 1 aromatic rings. The summed E-state index contributed by atoms with van der Waals surface area (Å²) >= 11 is 9.35. The molecule has 1 heterocycles. The summed E-state index contributed by atoms with van der Waals surface area (Å²) in [6.45, 7) is 0. The van der Waals surface area contributed by atoms with Gasteiger partial charge in [0.15, 0.2) is 0 Å². The van der Waals surface area contributed by atoms with E-state index in [1.165, 1.54) is 18.4 Å². The average Bonchev–Trinajstić information content (AvgIpc) is 2.92. The van der Waals surface area contributed by atoms with Crippen molar-refractivity contribution in [1.29, 1.82) is 0 Å². The van der Waals surface area contributed by atoms with Gasteiger partial charge in [-0.3, -0.25) is 0 Å². The highest BCUT2D eigenvalue weighted by atomic mass is 79.9. The van der Waals surface area contributed by atoms with E-state index in [0.29, 0.717) is 10.7 Å². The molecule has 1 aromatic heterocycles. The number of likely N-dealkylation sites (N-methyl/N-ethyl adjacent to an activating group) is 1. The molecule has 2 rings (SSSR count). The normalized spacial score (nSPS) is 18.2. The Kier molecular flexibility index (Phi) is 2.82. The molecule has 1 fully saturated rings. The Morgan fingerprint density at radius 1 is 1.64 bits per heavy atom. The number of nitrogens with zero attached hydrogens (tertiary/aromatic N) is 1. The molecule has 0 amide bonds. The van der Waals surface area contributed by atoms with E-state index in [1.807, 2.05) is 13.1 Å². The van der Waals surface area contributed by atoms with Gasteiger partial charge in [0.2, 0.25) is 0 Å². The zero-order valence-corrected chi connectivity index (χ0v) is 10.3. The van der Waals surface area contributed by atoms with Crippen molar-refractivity contribution in [3.63, 3.8) is 0 Å². The maximum Gasteiger partial charge on any atom is 0.129 e. The highest BCUT2D eigenvalue weighted by Crippen LogP contribution is 2.39. The minimum Gasteiger partial charge on any atom is -0.314 e. The molecule has 14 heavy (non-hydrogen) atoms. The number of rotatable bonds is 3. The number of hydrogen-bond donors (Lipinski definition) is 1. The summed E-state index contributed by atoms with van der Waals surface area (Å²) in [6, 6.07) is 1.93. The standard InChI is InChI=1S/C10H12BrClN2/c1-13-10(2-3-10)5-7-4-9(12)14-6-8(7)11/h4,6,13H,2-3,5H2,1H3. The van der Waals surface area contributed by atoms with Crippen molar-refractivity contribution >= 4 is 27.5 Å². The predicted molar refractivity (Wildman–Crippen MR) is 61.7 cm³/mol. The van der Waals surface area contributed by atoms with Crippen molar-refractivity contribution < 1.29 is 0 Å². The first-order valence-corrected chi connectivity index (χ1v) is 5.81. The molecule has 0 unspecified atom stereocenters. The molecule has 0 atom stereocenters. The molecule has 0 aromatic carbocycles. The quantitative estimate of drug-likeness (QED) is 0.858. The zero-order valence-electron chi connectivity index (χ0n) is 7.98. The fraction of sp³-hybridized carbons (Fsp3) is 0.500. The maximum atomic E-state index is 5.86. The van der Waals surface area contributed by atoms with E-state index >= 15 is 0 Å². The van der Waals surface area contributed by atoms with Gasteiger partial charge < -0.3 is 5.32 Å². The van der Waals surface area contributed by atoms with Crippen molar-refractivity contribution in [2.75, 3.05) is 7.05 Å². The largest absolute Gasteiger partial charge is 0.314 e. The predicted octanol–water partition coefficient (Wildman–Crippen LogP) is 2.79. The molecule has 0 radical (unpaired) electrons. The van der Waals surface area contributed by atoms with Gasteiger partial charge in [-0.25, -0.2) is 4.98 Å². The molecule has 1 aliphatic carbocycles. The van der Waals surface area contributed by atoms with Crippen LogP contribution in [-0.2, 0) is 6.42 Å². The van der Waals surface area contributed by atoms with Gasteiger partial charge in [-0.05, 0) is 53.9 Å². The number of aromatic nitrogens is 1. The summed E-state index contributed by atoms with van der Waals surface area (Å²) < 4.78 is 1.04. The van der Waals surface area contributed by atoms with Crippen LogP contribution in [0.1, 0.15) is 18.4 Å². The second kappa shape index (κ2) is 3.80. The van der Waals surface area contributed by atoms with Gasteiger partial charge in [0, 0.05) is 16.2 Å². The molecule has 1 N–H and O–H groups in total. The van der Waals surface area contributed by atoms with E-state index in [-0.39, 0.29) is 0 Å². The molecule has 0 saturated heterocycles. The first kappa shape index (κ1) is 10.4. The third kappa shape index (κ3) is 2.10. The Morgan fingerprint density at radius 2 is 2.36 bits per heavy atom. The van der Waals surface area contributed by atoms with Crippen molar-refractivity contribution in [3.05, 3.63) is 27.5 Å². The first-order valence-electron chi connectivity index (χ1n) is 4.64. The Morgan fingerprint density at radius 3 is 2.93 bits per heavy atom. The van der Waals surface area contributed by atoms with Crippen LogP contribution < -0.4 is 5.32 Å². The molecule has 0 bridgehead atoms. The van der Waals surface area contributed by atoms with Crippen molar-refractivity contribution in [3.8, 4) is 0 Å². The summed E-state index contributed by atoms with van der Waals surface area (Å²) in [4.78, 5) is 4.01. The van der Waals surface area contributed by atoms with Crippen molar-refractivity contribution in [2.45, 2.75) is 24.8 Å².